The van der Waals surface area contributed by atoms with Gasteiger partial charge >= 0.3 is 0 Å². The molecule has 0 aliphatic heterocycles. The van der Waals surface area contributed by atoms with Gasteiger partial charge in [0.2, 0.25) is 11.8 Å². The molecule has 6 nitrogen and oxygen atoms in total. The molecule has 0 saturated carbocycles. The average molecular weight is 338 g/mol. The van der Waals surface area contributed by atoms with Gasteiger partial charge in [0.05, 0.1) is 29.6 Å². The third-order valence-electron chi connectivity index (χ3n) is 3.77. The molecule has 0 saturated heterocycles. The Kier molecular flexibility index (Phi) is 6.09. The van der Waals surface area contributed by atoms with Crippen LogP contribution in [0.15, 0.2) is 36.5 Å². The number of nitriles is 1. The second-order valence-electron chi connectivity index (χ2n) is 6.01. The summed E-state index contributed by atoms with van der Waals surface area (Å²) in [5.41, 5.74) is 7.81. The highest BCUT2D eigenvalue weighted by Crippen LogP contribution is 2.27. The Morgan fingerprint density at radius 2 is 2.12 bits per heavy atom. The first-order valence-electron chi connectivity index (χ1n) is 8.19. The SMILES string of the molecule is CCC(N)C(=O)Nc1ccc(Oc2ccc(C#N)c(C(C)C)c2)nc1. The van der Waals surface area contributed by atoms with Crippen molar-refractivity contribution in [1.29, 1.82) is 5.26 Å². The minimum atomic E-state index is -0.538. The van der Waals surface area contributed by atoms with Gasteiger partial charge in [-0.2, -0.15) is 5.26 Å². The van der Waals surface area contributed by atoms with Crippen LogP contribution in [0.4, 0.5) is 5.69 Å². The van der Waals surface area contributed by atoms with Gasteiger partial charge in [-0.15, -0.1) is 0 Å². The standard InChI is InChI=1S/C19H22N4O2/c1-4-17(21)19(24)23-14-6-8-18(22-11-14)25-15-7-5-13(10-20)16(9-15)12(2)3/h5-9,11-12,17H,4,21H2,1-3H3,(H,23,24). The van der Waals surface area contributed by atoms with Crippen molar-refractivity contribution in [3.63, 3.8) is 0 Å². The molecule has 1 atom stereocenters. The third kappa shape index (κ3) is 4.78. The Morgan fingerprint density at radius 1 is 1.36 bits per heavy atom. The Balaban J connectivity index is 2.10. The highest BCUT2D eigenvalue weighted by molar-refractivity contribution is 5.94. The quantitative estimate of drug-likeness (QED) is 0.839. The summed E-state index contributed by atoms with van der Waals surface area (Å²) in [6.45, 7) is 5.90. The van der Waals surface area contributed by atoms with Crippen molar-refractivity contribution in [3.8, 4) is 17.7 Å². The van der Waals surface area contributed by atoms with Crippen LogP contribution in [0, 0.1) is 11.3 Å². The molecule has 0 spiro atoms. The Bertz CT molecular complexity index is 779. The largest absolute Gasteiger partial charge is 0.439 e. The summed E-state index contributed by atoms with van der Waals surface area (Å²) in [6.07, 6.45) is 2.08. The molecule has 0 bridgehead atoms. The van der Waals surface area contributed by atoms with E-state index in [1.165, 1.54) is 6.20 Å². The van der Waals surface area contributed by atoms with Crippen molar-refractivity contribution < 1.29 is 9.53 Å². The molecule has 2 aromatic rings. The van der Waals surface area contributed by atoms with E-state index in [9.17, 15) is 4.79 Å². The lowest BCUT2D eigenvalue weighted by atomic mass is 9.98. The maximum absolute atomic E-state index is 11.8. The number of rotatable bonds is 6. The number of hydrogen-bond donors (Lipinski definition) is 2. The van der Waals surface area contributed by atoms with Crippen molar-refractivity contribution in [1.82, 2.24) is 4.98 Å². The van der Waals surface area contributed by atoms with Gasteiger partial charge in [-0.25, -0.2) is 4.98 Å². The van der Waals surface area contributed by atoms with Crippen LogP contribution >= 0.6 is 0 Å². The van der Waals surface area contributed by atoms with Crippen molar-refractivity contribution in [2.75, 3.05) is 5.32 Å². The van der Waals surface area contributed by atoms with Gasteiger partial charge in [-0.3, -0.25) is 4.79 Å². The topological polar surface area (TPSA) is 101 Å². The van der Waals surface area contributed by atoms with Crippen LogP contribution in [0.1, 0.15) is 44.2 Å². The van der Waals surface area contributed by atoms with E-state index in [-0.39, 0.29) is 11.8 Å². The highest BCUT2D eigenvalue weighted by atomic mass is 16.5. The summed E-state index contributed by atoms with van der Waals surface area (Å²) in [7, 11) is 0. The van der Waals surface area contributed by atoms with Crippen molar-refractivity contribution in [3.05, 3.63) is 47.7 Å². The predicted octanol–water partition coefficient (Wildman–Crippen LogP) is 3.54. The van der Waals surface area contributed by atoms with E-state index in [2.05, 4.69) is 16.4 Å². The van der Waals surface area contributed by atoms with Gasteiger partial charge in [0, 0.05) is 6.07 Å². The molecular formula is C19H22N4O2. The van der Waals surface area contributed by atoms with E-state index < -0.39 is 6.04 Å². The number of nitrogens with one attached hydrogen (secondary N) is 1. The molecular weight excluding hydrogens is 316 g/mol. The molecule has 0 aliphatic rings. The predicted molar refractivity (Wildman–Crippen MR) is 96.5 cm³/mol. The van der Waals surface area contributed by atoms with Gasteiger partial charge in [0.1, 0.15) is 5.75 Å². The molecule has 3 N–H and O–H groups in total. The fourth-order valence-corrected chi connectivity index (χ4v) is 2.24. The molecule has 1 aromatic heterocycles. The van der Waals surface area contributed by atoms with E-state index >= 15 is 0 Å². The van der Waals surface area contributed by atoms with E-state index in [0.29, 0.717) is 29.3 Å². The van der Waals surface area contributed by atoms with Crippen molar-refractivity contribution in [2.45, 2.75) is 39.2 Å². The molecule has 1 amide bonds. The Morgan fingerprint density at radius 3 is 2.68 bits per heavy atom. The number of nitrogens with two attached hydrogens (primary N) is 1. The smallest absolute Gasteiger partial charge is 0.241 e. The van der Waals surface area contributed by atoms with Gasteiger partial charge in [0.25, 0.3) is 0 Å². The number of nitrogens with zero attached hydrogens (tertiary/aromatic N) is 2. The molecule has 25 heavy (non-hydrogen) atoms. The van der Waals surface area contributed by atoms with Crippen molar-refractivity contribution >= 4 is 11.6 Å². The number of carbonyl (C=O) groups is 1. The minimum absolute atomic E-state index is 0.214. The van der Waals surface area contributed by atoms with Gasteiger partial charge in [0.15, 0.2) is 0 Å². The van der Waals surface area contributed by atoms with E-state index in [1.54, 1.807) is 24.3 Å². The molecule has 0 radical (unpaired) electrons. The number of carbonyl (C=O) groups excluding carboxylic acids is 1. The lowest BCUT2D eigenvalue weighted by molar-refractivity contribution is -0.117. The number of ether oxygens (including phenoxy) is 1. The van der Waals surface area contributed by atoms with Crippen LogP contribution < -0.4 is 15.8 Å². The fourth-order valence-electron chi connectivity index (χ4n) is 2.24. The molecule has 6 heteroatoms. The number of anilines is 1. The molecule has 0 aliphatic carbocycles. The third-order valence-corrected chi connectivity index (χ3v) is 3.77. The zero-order valence-corrected chi connectivity index (χ0v) is 14.6. The van der Waals surface area contributed by atoms with Gasteiger partial charge in [-0.1, -0.05) is 20.8 Å². The molecule has 1 unspecified atom stereocenters. The summed E-state index contributed by atoms with van der Waals surface area (Å²) in [6, 6.07) is 10.3. The van der Waals surface area contributed by atoms with Crippen LogP contribution in [-0.2, 0) is 4.79 Å². The van der Waals surface area contributed by atoms with E-state index in [4.69, 9.17) is 15.7 Å². The maximum Gasteiger partial charge on any atom is 0.241 e. The van der Waals surface area contributed by atoms with Crippen LogP contribution in [0.5, 0.6) is 11.6 Å². The lowest BCUT2D eigenvalue weighted by Crippen LogP contribution is -2.34. The maximum atomic E-state index is 11.8. The fraction of sp³-hybridized carbons (Fsp3) is 0.316. The lowest BCUT2D eigenvalue weighted by Gasteiger charge is -2.12. The van der Waals surface area contributed by atoms with Crippen molar-refractivity contribution in [2.24, 2.45) is 5.73 Å². The normalized spacial score (nSPS) is 11.7. The number of amides is 1. The Labute approximate surface area is 147 Å². The monoisotopic (exact) mass is 338 g/mol. The van der Waals surface area contributed by atoms with Crippen LogP contribution in [0.2, 0.25) is 0 Å². The summed E-state index contributed by atoms with van der Waals surface area (Å²) in [5, 5.41) is 11.9. The molecule has 130 valence electrons. The highest BCUT2D eigenvalue weighted by Gasteiger charge is 2.12. The van der Waals surface area contributed by atoms with E-state index in [1.807, 2.05) is 26.8 Å². The summed E-state index contributed by atoms with van der Waals surface area (Å²) < 4.78 is 5.74. The second kappa shape index (κ2) is 8.27. The number of benzene rings is 1. The molecule has 1 aromatic carbocycles. The molecule has 0 fully saturated rings. The summed E-state index contributed by atoms with van der Waals surface area (Å²) >= 11 is 0. The van der Waals surface area contributed by atoms with Crippen LogP contribution in [-0.4, -0.2) is 16.9 Å². The molecule has 2 rings (SSSR count). The Hall–Kier alpha value is -2.91. The first-order chi connectivity index (χ1) is 11.9. The van der Waals surface area contributed by atoms with E-state index in [0.717, 1.165) is 5.56 Å². The summed E-state index contributed by atoms with van der Waals surface area (Å²) in [5.74, 6) is 0.982. The number of aromatic nitrogens is 1. The van der Waals surface area contributed by atoms with Gasteiger partial charge < -0.3 is 15.8 Å². The first-order valence-corrected chi connectivity index (χ1v) is 8.19. The van der Waals surface area contributed by atoms with Crippen LogP contribution in [0.25, 0.3) is 0 Å². The molecule has 1 heterocycles. The average Bonchev–Trinajstić information content (AvgIpc) is 2.62. The summed E-state index contributed by atoms with van der Waals surface area (Å²) in [4.78, 5) is 15.9. The number of pyridine rings is 1. The second-order valence-corrected chi connectivity index (χ2v) is 6.01. The first kappa shape index (κ1) is 18.4. The zero-order chi connectivity index (χ0) is 18.4. The minimum Gasteiger partial charge on any atom is -0.439 e. The van der Waals surface area contributed by atoms with Crippen LogP contribution in [0.3, 0.4) is 0 Å². The van der Waals surface area contributed by atoms with Gasteiger partial charge in [-0.05, 0) is 42.2 Å². The number of hydrogen-bond acceptors (Lipinski definition) is 5. The zero-order valence-electron chi connectivity index (χ0n) is 14.6.